The van der Waals surface area contributed by atoms with Crippen LogP contribution in [0, 0.1) is 0 Å². The molecule has 1 heterocycles. The number of hydrogen-bond acceptors (Lipinski definition) is 5. The first-order valence-corrected chi connectivity index (χ1v) is 6.51. The van der Waals surface area contributed by atoms with Gasteiger partial charge < -0.3 is 5.32 Å². The molecule has 0 bridgehead atoms. The lowest BCUT2D eigenvalue weighted by Crippen LogP contribution is -2.24. The van der Waals surface area contributed by atoms with Gasteiger partial charge in [-0.05, 0) is 6.42 Å². The smallest absolute Gasteiger partial charge is 0.320 e. The largest absolute Gasteiger partial charge is 0.341 e. The monoisotopic (exact) mass is 246 g/mol. The third kappa shape index (κ3) is 4.48. The highest BCUT2D eigenvalue weighted by Crippen LogP contribution is 2.25. The van der Waals surface area contributed by atoms with Crippen LogP contribution in [0.1, 0.15) is 19.8 Å². The number of thioether (sulfide) groups is 1. The lowest BCUT2D eigenvalue weighted by atomic mass is 10.4. The summed E-state index contributed by atoms with van der Waals surface area (Å²) >= 11 is 3.07. The zero-order valence-corrected chi connectivity index (χ0v) is 10.4. The average molecular weight is 246 g/mol. The van der Waals surface area contributed by atoms with Gasteiger partial charge >= 0.3 is 6.03 Å². The number of rotatable bonds is 5. The first kappa shape index (κ1) is 12.3. The van der Waals surface area contributed by atoms with E-state index in [4.69, 9.17) is 0 Å². The molecule has 0 aliphatic heterocycles. The molecular formula is C8H14N4OS2. The van der Waals surface area contributed by atoms with Crippen molar-refractivity contribution in [3.05, 3.63) is 0 Å². The van der Waals surface area contributed by atoms with E-state index >= 15 is 0 Å². The fourth-order valence-corrected chi connectivity index (χ4v) is 2.68. The van der Waals surface area contributed by atoms with Gasteiger partial charge in [-0.3, -0.25) is 5.32 Å². The van der Waals surface area contributed by atoms with Crippen LogP contribution in [0.15, 0.2) is 4.34 Å². The summed E-state index contributed by atoms with van der Waals surface area (Å²) < 4.78 is 0.898. The minimum atomic E-state index is -0.267. The third-order valence-corrected chi connectivity index (χ3v) is 3.64. The van der Waals surface area contributed by atoms with Crippen molar-refractivity contribution >= 4 is 34.3 Å². The Labute approximate surface area is 97.1 Å². The van der Waals surface area contributed by atoms with E-state index in [1.807, 2.05) is 0 Å². The first-order chi connectivity index (χ1) is 7.26. The summed E-state index contributed by atoms with van der Waals surface area (Å²) in [6.45, 7) is 2.15. The standard InChI is InChI=1S/C8H14N4OS2/c1-3-4-5-14-8-12-11-7(15-8)10-6(13)9-2/h3-5H2,1-2H3,(H2,9,10,11,13). The highest BCUT2D eigenvalue weighted by atomic mass is 32.2. The maximum atomic E-state index is 11.0. The molecule has 1 aromatic rings. The van der Waals surface area contributed by atoms with Crippen LogP contribution in [0.4, 0.5) is 9.93 Å². The summed E-state index contributed by atoms with van der Waals surface area (Å²) in [7, 11) is 1.56. The van der Waals surface area contributed by atoms with Crippen molar-refractivity contribution in [3.8, 4) is 0 Å². The van der Waals surface area contributed by atoms with Crippen LogP contribution in [-0.4, -0.2) is 29.0 Å². The number of carbonyl (C=O) groups is 1. The van der Waals surface area contributed by atoms with E-state index in [1.165, 1.54) is 24.2 Å². The molecule has 7 heteroatoms. The van der Waals surface area contributed by atoms with Crippen LogP contribution < -0.4 is 10.6 Å². The molecule has 0 aromatic carbocycles. The highest BCUT2D eigenvalue weighted by Gasteiger charge is 2.06. The van der Waals surface area contributed by atoms with Gasteiger partial charge in [0.05, 0.1) is 0 Å². The van der Waals surface area contributed by atoms with E-state index in [1.54, 1.807) is 18.8 Å². The zero-order valence-electron chi connectivity index (χ0n) is 8.74. The molecule has 2 N–H and O–H groups in total. The maximum absolute atomic E-state index is 11.0. The van der Waals surface area contributed by atoms with E-state index in [0.29, 0.717) is 5.13 Å². The number of nitrogens with zero attached hydrogens (tertiary/aromatic N) is 2. The topological polar surface area (TPSA) is 66.9 Å². The molecule has 0 aliphatic rings. The molecule has 0 fully saturated rings. The molecule has 0 spiro atoms. The number of amides is 2. The van der Waals surface area contributed by atoms with Gasteiger partial charge in [0.1, 0.15) is 0 Å². The van der Waals surface area contributed by atoms with Crippen LogP contribution in [0.3, 0.4) is 0 Å². The van der Waals surface area contributed by atoms with Crippen molar-refractivity contribution in [3.63, 3.8) is 0 Å². The van der Waals surface area contributed by atoms with Gasteiger partial charge in [0.25, 0.3) is 0 Å². The lowest BCUT2D eigenvalue weighted by molar-refractivity contribution is 0.254. The molecule has 0 saturated heterocycles. The molecule has 1 aromatic heterocycles. The number of hydrogen-bond donors (Lipinski definition) is 2. The molecule has 0 unspecified atom stereocenters. The second-order valence-electron chi connectivity index (χ2n) is 2.78. The lowest BCUT2D eigenvalue weighted by Gasteiger charge is -1.96. The van der Waals surface area contributed by atoms with Gasteiger partial charge in [-0.15, -0.1) is 10.2 Å². The van der Waals surface area contributed by atoms with Gasteiger partial charge in [0.2, 0.25) is 5.13 Å². The van der Waals surface area contributed by atoms with Gasteiger partial charge in [0, 0.05) is 12.8 Å². The van der Waals surface area contributed by atoms with Crippen molar-refractivity contribution in [1.29, 1.82) is 0 Å². The quantitative estimate of drug-likeness (QED) is 0.475. The van der Waals surface area contributed by atoms with Crippen molar-refractivity contribution in [2.45, 2.75) is 24.1 Å². The van der Waals surface area contributed by atoms with Crippen molar-refractivity contribution < 1.29 is 4.79 Å². The molecule has 15 heavy (non-hydrogen) atoms. The third-order valence-electron chi connectivity index (χ3n) is 1.58. The van der Waals surface area contributed by atoms with Crippen LogP contribution in [-0.2, 0) is 0 Å². The summed E-state index contributed by atoms with van der Waals surface area (Å²) in [4.78, 5) is 11.0. The Bertz CT molecular complexity index is 315. The molecule has 5 nitrogen and oxygen atoms in total. The SMILES string of the molecule is CCCCSc1nnc(NC(=O)NC)s1. The van der Waals surface area contributed by atoms with E-state index in [-0.39, 0.29) is 6.03 Å². The predicted molar refractivity (Wildman–Crippen MR) is 63.6 cm³/mol. The molecule has 0 aliphatic carbocycles. The Balaban J connectivity index is 2.38. The normalized spacial score (nSPS) is 10.0. The van der Waals surface area contributed by atoms with Crippen molar-refractivity contribution in [2.75, 3.05) is 18.1 Å². The highest BCUT2D eigenvalue weighted by molar-refractivity contribution is 8.01. The Morgan fingerprint density at radius 1 is 1.53 bits per heavy atom. The van der Waals surface area contributed by atoms with Crippen molar-refractivity contribution in [2.24, 2.45) is 0 Å². The van der Waals surface area contributed by atoms with E-state index < -0.39 is 0 Å². The summed E-state index contributed by atoms with van der Waals surface area (Å²) in [6, 6.07) is -0.267. The second-order valence-corrected chi connectivity index (χ2v) is 5.10. The summed E-state index contributed by atoms with van der Waals surface area (Å²) in [5, 5.41) is 13.4. The van der Waals surface area contributed by atoms with Crippen LogP contribution in [0.25, 0.3) is 0 Å². The molecular weight excluding hydrogens is 232 g/mol. The van der Waals surface area contributed by atoms with E-state index in [2.05, 4.69) is 27.8 Å². The maximum Gasteiger partial charge on any atom is 0.320 e. The minimum absolute atomic E-state index is 0.267. The number of nitrogens with one attached hydrogen (secondary N) is 2. The Morgan fingerprint density at radius 2 is 2.33 bits per heavy atom. The Kier molecular flexibility index (Phi) is 5.41. The fraction of sp³-hybridized carbons (Fsp3) is 0.625. The summed E-state index contributed by atoms with van der Waals surface area (Å²) in [5.74, 6) is 1.05. The Hall–Kier alpha value is -0.820. The molecule has 0 atom stereocenters. The van der Waals surface area contributed by atoms with Gasteiger partial charge in [-0.25, -0.2) is 4.79 Å². The van der Waals surface area contributed by atoms with E-state index in [9.17, 15) is 4.79 Å². The van der Waals surface area contributed by atoms with Crippen molar-refractivity contribution in [1.82, 2.24) is 15.5 Å². The predicted octanol–water partition coefficient (Wildman–Crippen LogP) is 2.18. The van der Waals surface area contributed by atoms with Crippen LogP contribution in [0.2, 0.25) is 0 Å². The fourth-order valence-electron chi connectivity index (χ4n) is 0.782. The van der Waals surface area contributed by atoms with Crippen LogP contribution >= 0.6 is 23.1 Å². The summed E-state index contributed by atoms with van der Waals surface area (Å²) in [5.41, 5.74) is 0. The Morgan fingerprint density at radius 3 is 3.00 bits per heavy atom. The second kappa shape index (κ2) is 6.62. The molecule has 84 valence electrons. The molecule has 0 saturated carbocycles. The first-order valence-electron chi connectivity index (χ1n) is 4.71. The van der Waals surface area contributed by atoms with Gasteiger partial charge in [-0.2, -0.15) is 0 Å². The minimum Gasteiger partial charge on any atom is -0.341 e. The zero-order chi connectivity index (χ0) is 11.1. The molecule has 0 radical (unpaired) electrons. The van der Waals surface area contributed by atoms with Crippen LogP contribution in [0.5, 0.6) is 0 Å². The average Bonchev–Trinajstić information content (AvgIpc) is 2.66. The van der Waals surface area contributed by atoms with Gasteiger partial charge in [-0.1, -0.05) is 36.4 Å². The number of anilines is 1. The number of urea groups is 1. The number of carbonyl (C=O) groups excluding carboxylic acids is 1. The summed E-state index contributed by atoms with van der Waals surface area (Å²) in [6.07, 6.45) is 2.34. The number of unbranched alkanes of at least 4 members (excludes halogenated alkanes) is 1. The molecule has 2 amide bonds. The van der Waals surface area contributed by atoms with E-state index in [0.717, 1.165) is 10.1 Å². The number of aromatic nitrogens is 2. The van der Waals surface area contributed by atoms with Gasteiger partial charge in [0.15, 0.2) is 4.34 Å². The molecule has 1 rings (SSSR count).